The van der Waals surface area contributed by atoms with Gasteiger partial charge in [-0.2, -0.15) is 5.10 Å². The van der Waals surface area contributed by atoms with Gasteiger partial charge in [0.05, 0.1) is 11.4 Å². The SMILES string of the molecule is Cc1cc(C(=O)Cc2ccnc([C@]3(C)C[C@@H](C)SC(N)=N3)c2)n(CC2CC2)n1. The molecular weight excluding hydrogens is 370 g/mol. The van der Waals surface area contributed by atoms with Crippen molar-refractivity contribution in [3.63, 3.8) is 0 Å². The lowest BCUT2D eigenvalue weighted by atomic mass is 9.90. The molecule has 28 heavy (non-hydrogen) atoms. The van der Waals surface area contributed by atoms with Crippen molar-refractivity contribution >= 4 is 22.7 Å². The second kappa shape index (κ2) is 7.35. The number of hydrogen-bond acceptors (Lipinski definition) is 6. The molecule has 6 nitrogen and oxygen atoms in total. The average Bonchev–Trinajstić information content (AvgIpc) is 3.34. The smallest absolute Gasteiger partial charge is 0.185 e. The Balaban J connectivity index is 1.56. The van der Waals surface area contributed by atoms with Gasteiger partial charge in [-0.05, 0) is 62.8 Å². The van der Waals surface area contributed by atoms with Gasteiger partial charge < -0.3 is 5.73 Å². The number of aliphatic imine (C=N–C) groups is 1. The van der Waals surface area contributed by atoms with Gasteiger partial charge in [-0.25, -0.2) is 4.99 Å². The minimum atomic E-state index is -0.446. The van der Waals surface area contributed by atoms with Crippen LogP contribution in [0, 0.1) is 12.8 Å². The molecule has 0 unspecified atom stereocenters. The van der Waals surface area contributed by atoms with Crippen molar-refractivity contribution in [2.75, 3.05) is 0 Å². The van der Waals surface area contributed by atoms with Crippen LogP contribution >= 0.6 is 11.8 Å². The van der Waals surface area contributed by atoms with Crippen LogP contribution in [0.5, 0.6) is 0 Å². The molecule has 2 aromatic heterocycles. The fraction of sp³-hybridized carbons (Fsp3) is 0.524. The zero-order chi connectivity index (χ0) is 19.9. The normalized spacial score (nSPS) is 24.8. The van der Waals surface area contributed by atoms with Crippen LogP contribution in [0.25, 0.3) is 0 Å². The summed E-state index contributed by atoms with van der Waals surface area (Å²) < 4.78 is 1.89. The van der Waals surface area contributed by atoms with Crippen molar-refractivity contribution in [3.8, 4) is 0 Å². The number of ketones is 1. The molecule has 0 amide bonds. The highest BCUT2D eigenvalue weighted by molar-refractivity contribution is 8.14. The lowest BCUT2D eigenvalue weighted by Gasteiger charge is -2.32. The number of Topliss-reactive ketones (excluding diaryl/α,β-unsaturated/α-hetero) is 1. The molecule has 3 heterocycles. The Morgan fingerprint density at radius 3 is 2.89 bits per heavy atom. The van der Waals surface area contributed by atoms with Gasteiger partial charge in [0.25, 0.3) is 0 Å². The summed E-state index contributed by atoms with van der Waals surface area (Å²) in [4.78, 5) is 22.2. The Labute approximate surface area is 170 Å². The standard InChI is InChI=1S/C21H27N5OS/c1-13-8-17(26(25-13)12-15-4-5-15)18(27)9-16-6-7-23-19(10-16)21(3)11-14(2)28-20(22)24-21/h6-8,10,14-15H,4-5,9,11-12H2,1-3H3,(H2,22,24)/t14-,21+/m1/s1. The molecule has 2 aliphatic rings. The number of amidine groups is 1. The third-order valence-corrected chi connectivity index (χ3v) is 6.32. The second-order valence-electron chi connectivity index (χ2n) is 8.30. The molecule has 0 radical (unpaired) electrons. The van der Waals surface area contributed by atoms with Gasteiger partial charge in [-0.3, -0.25) is 14.5 Å². The van der Waals surface area contributed by atoms with E-state index in [-0.39, 0.29) is 5.78 Å². The third kappa shape index (κ3) is 4.14. The van der Waals surface area contributed by atoms with Crippen molar-refractivity contribution < 1.29 is 4.79 Å². The van der Waals surface area contributed by atoms with Gasteiger partial charge >= 0.3 is 0 Å². The zero-order valence-electron chi connectivity index (χ0n) is 16.7. The van der Waals surface area contributed by atoms with E-state index in [9.17, 15) is 4.79 Å². The van der Waals surface area contributed by atoms with Crippen LogP contribution in [0.15, 0.2) is 29.4 Å². The molecule has 7 heteroatoms. The van der Waals surface area contributed by atoms with E-state index >= 15 is 0 Å². The number of nitrogens with zero attached hydrogens (tertiary/aromatic N) is 4. The van der Waals surface area contributed by atoms with Crippen molar-refractivity contribution in [1.82, 2.24) is 14.8 Å². The Kier molecular flexibility index (Phi) is 5.04. The summed E-state index contributed by atoms with van der Waals surface area (Å²) in [6.07, 6.45) is 5.45. The maximum Gasteiger partial charge on any atom is 0.185 e. The molecule has 2 N–H and O–H groups in total. The lowest BCUT2D eigenvalue weighted by Crippen LogP contribution is -2.33. The first-order chi connectivity index (χ1) is 13.3. The number of thioether (sulfide) groups is 1. The van der Waals surface area contributed by atoms with Crippen LogP contribution < -0.4 is 5.73 Å². The number of carbonyl (C=O) groups is 1. The minimum absolute atomic E-state index is 0.0964. The number of carbonyl (C=O) groups excluding carboxylic acids is 1. The fourth-order valence-electron chi connectivity index (χ4n) is 3.89. The van der Waals surface area contributed by atoms with E-state index < -0.39 is 5.54 Å². The number of aromatic nitrogens is 3. The summed E-state index contributed by atoms with van der Waals surface area (Å²) in [6, 6.07) is 5.82. The van der Waals surface area contributed by atoms with Crippen LogP contribution in [-0.2, 0) is 18.5 Å². The van der Waals surface area contributed by atoms with Crippen molar-refractivity contribution in [1.29, 1.82) is 0 Å². The topological polar surface area (TPSA) is 86.2 Å². The number of aryl methyl sites for hydroxylation is 1. The van der Waals surface area contributed by atoms with E-state index in [0.717, 1.165) is 29.9 Å². The summed E-state index contributed by atoms with van der Waals surface area (Å²) >= 11 is 1.60. The maximum atomic E-state index is 13.0. The van der Waals surface area contributed by atoms with E-state index in [1.807, 2.05) is 29.8 Å². The molecule has 1 fully saturated rings. The first-order valence-corrected chi connectivity index (χ1v) is 10.8. The van der Waals surface area contributed by atoms with Crippen LogP contribution in [0.3, 0.4) is 0 Å². The molecule has 1 aliphatic heterocycles. The van der Waals surface area contributed by atoms with E-state index in [2.05, 4.69) is 28.9 Å². The molecule has 1 saturated carbocycles. The Morgan fingerprint density at radius 1 is 1.39 bits per heavy atom. The van der Waals surface area contributed by atoms with Crippen LogP contribution in [-0.4, -0.2) is 31.0 Å². The van der Waals surface area contributed by atoms with E-state index in [1.165, 1.54) is 12.8 Å². The maximum absolute atomic E-state index is 13.0. The van der Waals surface area contributed by atoms with E-state index in [1.54, 1.807) is 18.0 Å². The summed E-state index contributed by atoms with van der Waals surface area (Å²) in [6.45, 7) is 7.01. The average molecular weight is 398 g/mol. The number of hydrogen-bond donors (Lipinski definition) is 1. The minimum Gasteiger partial charge on any atom is -0.379 e. The van der Waals surface area contributed by atoms with Gasteiger partial charge in [0.1, 0.15) is 11.2 Å². The molecular formula is C21H27N5OS. The first kappa shape index (κ1) is 19.2. The Morgan fingerprint density at radius 2 is 2.18 bits per heavy atom. The highest BCUT2D eigenvalue weighted by Gasteiger charge is 2.34. The van der Waals surface area contributed by atoms with Crippen LogP contribution in [0.2, 0.25) is 0 Å². The Bertz CT molecular complexity index is 933. The molecule has 0 saturated heterocycles. The van der Waals surface area contributed by atoms with Gasteiger partial charge in [-0.15, -0.1) is 0 Å². The molecule has 0 spiro atoms. The van der Waals surface area contributed by atoms with Crippen LogP contribution in [0.1, 0.15) is 60.5 Å². The highest BCUT2D eigenvalue weighted by Crippen LogP contribution is 2.38. The monoisotopic (exact) mass is 397 g/mol. The molecule has 2 atom stereocenters. The summed E-state index contributed by atoms with van der Waals surface area (Å²) in [5, 5.41) is 5.51. The van der Waals surface area contributed by atoms with Crippen molar-refractivity contribution in [2.24, 2.45) is 16.6 Å². The zero-order valence-corrected chi connectivity index (χ0v) is 17.5. The molecule has 148 valence electrons. The largest absolute Gasteiger partial charge is 0.379 e. The number of nitrogens with two attached hydrogens (primary N) is 1. The van der Waals surface area contributed by atoms with Gasteiger partial charge in [0, 0.05) is 24.4 Å². The Hall–Kier alpha value is -2.15. The van der Waals surface area contributed by atoms with Gasteiger partial charge in [0.2, 0.25) is 0 Å². The summed E-state index contributed by atoms with van der Waals surface area (Å²) in [5.41, 5.74) is 9.00. The molecule has 0 bridgehead atoms. The first-order valence-electron chi connectivity index (χ1n) is 9.87. The van der Waals surface area contributed by atoms with Crippen molar-refractivity contribution in [2.45, 2.75) is 63.8 Å². The second-order valence-corrected chi connectivity index (χ2v) is 9.76. The van der Waals surface area contributed by atoms with Gasteiger partial charge in [-0.1, -0.05) is 18.7 Å². The summed E-state index contributed by atoms with van der Waals surface area (Å²) in [7, 11) is 0. The molecule has 1 aliphatic carbocycles. The quantitative estimate of drug-likeness (QED) is 0.754. The predicted molar refractivity (Wildman–Crippen MR) is 113 cm³/mol. The molecule has 0 aromatic carbocycles. The van der Waals surface area contributed by atoms with Crippen molar-refractivity contribution in [3.05, 3.63) is 47.0 Å². The predicted octanol–water partition coefficient (Wildman–Crippen LogP) is 3.48. The number of pyridine rings is 1. The van der Waals surface area contributed by atoms with E-state index in [4.69, 9.17) is 5.73 Å². The third-order valence-electron chi connectivity index (χ3n) is 5.42. The number of rotatable bonds is 6. The fourth-order valence-corrected chi connectivity index (χ4v) is 4.97. The lowest BCUT2D eigenvalue weighted by molar-refractivity contribution is 0.0982. The highest BCUT2D eigenvalue weighted by atomic mass is 32.2. The summed E-state index contributed by atoms with van der Waals surface area (Å²) in [5.74, 6) is 0.770. The van der Waals surface area contributed by atoms with E-state index in [0.29, 0.717) is 28.5 Å². The molecule has 2 aromatic rings. The molecule has 4 rings (SSSR count). The van der Waals surface area contributed by atoms with Gasteiger partial charge in [0.15, 0.2) is 11.0 Å². The van der Waals surface area contributed by atoms with Crippen LogP contribution in [0.4, 0.5) is 0 Å².